The standard InChI is InChI=1S/C32H27O4P/c1-26-16-14-15-25-31(26)32(27-17-6-2-7-18-27,28-19-8-3-9-20-28)36-37(33,34-29-21-10-4-11-22-29)35-30-23-12-5-13-24-30/h2-25H,1H3. The zero-order valence-electron chi connectivity index (χ0n) is 20.4. The molecule has 0 N–H and O–H groups in total. The molecule has 37 heavy (non-hydrogen) atoms. The van der Waals surface area contributed by atoms with Crippen molar-refractivity contribution in [3.8, 4) is 11.5 Å². The van der Waals surface area contributed by atoms with E-state index in [0.717, 1.165) is 22.3 Å². The molecular formula is C32H27O4P. The van der Waals surface area contributed by atoms with Gasteiger partial charge in [0, 0.05) is 0 Å². The molecule has 0 atom stereocenters. The van der Waals surface area contributed by atoms with Crippen molar-refractivity contribution in [2.45, 2.75) is 12.5 Å². The predicted molar refractivity (Wildman–Crippen MR) is 147 cm³/mol. The average Bonchev–Trinajstić information content (AvgIpc) is 2.94. The predicted octanol–water partition coefficient (Wildman–Crippen LogP) is 8.57. The van der Waals surface area contributed by atoms with Gasteiger partial charge in [-0.1, -0.05) is 121 Å². The molecule has 0 radical (unpaired) electrons. The zero-order valence-corrected chi connectivity index (χ0v) is 21.3. The maximum Gasteiger partial charge on any atom is 0.589 e. The number of aryl methyl sites for hydroxylation is 1. The molecule has 0 aliphatic rings. The summed E-state index contributed by atoms with van der Waals surface area (Å²) < 4.78 is 33.7. The monoisotopic (exact) mass is 506 g/mol. The van der Waals surface area contributed by atoms with E-state index in [2.05, 4.69) is 0 Å². The number of benzene rings is 5. The van der Waals surface area contributed by atoms with Crippen molar-refractivity contribution in [3.05, 3.63) is 168 Å². The number of phosphoric ester groups is 1. The van der Waals surface area contributed by atoms with Crippen LogP contribution in [0.4, 0.5) is 0 Å². The maximum absolute atomic E-state index is 14.7. The molecule has 4 nitrogen and oxygen atoms in total. The molecule has 0 saturated carbocycles. The fourth-order valence-electron chi connectivity index (χ4n) is 4.39. The summed E-state index contributed by atoms with van der Waals surface area (Å²) in [4.78, 5) is 0. The second-order valence-electron chi connectivity index (χ2n) is 8.58. The van der Waals surface area contributed by atoms with Crippen molar-refractivity contribution < 1.29 is 18.1 Å². The molecule has 0 fully saturated rings. The van der Waals surface area contributed by atoms with Crippen molar-refractivity contribution in [1.82, 2.24) is 0 Å². The first-order chi connectivity index (χ1) is 18.1. The maximum atomic E-state index is 14.7. The Labute approximate surface area is 217 Å². The minimum Gasteiger partial charge on any atom is -0.395 e. The molecule has 5 aromatic carbocycles. The minimum absolute atomic E-state index is 0.376. The molecule has 0 unspecified atom stereocenters. The Morgan fingerprint density at radius 2 is 0.892 bits per heavy atom. The topological polar surface area (TPSA) is 44.8 Å². The van der Waals surface area contributed by atoms with Crippen LogP contribution < -0.4 is 9.05 Å². The van der Waals surface area contributed by atoms with E-state index >= 15 is 0 Å². The van der Waals surface area contributed by atoms with E-state index in [1.165, 1.54) is 0 Å². The highest BCUT2D eigenvalue weighted by Crippen LogP contribution is 2.58. The molecule has 5 aromatic rings. The summed E-state index contributed by atoms with van der Waals surface area (Å²) in [5, 5.41) is 0. The largest absolute Gasteiger partial charge is 0.589 e. The van der Waals surface area contributed by atoms with Gasteiger partial charge in [-0.25, -0.2) is 9.09 Å². The smallest absolute Gasteiger partial charge is 0.395 e. The Morgan fingerprint density at radius 1 is 0.514 bits per heavy atom. The van der Waals surface area contributed by atoms with Gasteiger partial charge in [-0.05, 0) is 53.4 Å². The Bertz CT molecular complexity index is 1390. The fourth-order valence-corrected chi connectivity index (χ4v) is 5.91. The molecule has 0 bridgehead atoms. The number of hydrogen-bond acceptors (Lipinski definition) is 4. The van der Waals surface area contributed by atoms with E-state index in [1.54, 1.807) is 24.3 Å². The van der Waals surface area contributed by atoms with Crippen molar-refractivity contribution in [2.75, 3.05) is 0 Å². The molecular weight excluding hydrogens is 479 g/mol. The number of phosphoric acid groups is 1. The Morgan fingerprint density at radius 3 is 1.32 bits per heavy atom. The zero-order chi connectivity index (χ0) is 25.6. The molecule has 5 heteroatoms. The summed E-state index contributed by atoms with van der Waals surface area (Å²) >= 11 is 0. The van der Waals surface area contributed by atoms with Crippen molar-refractivity contribution in [1.29, 1.82) is 0 Å². The molecule has 0 spiro atoms. The summed E-state index contributed by atoms with van der Waals surface area (Å²) in [6.07, 6.45) is 0. The summed E-state index contributed by atoms with van der Waals surface area (Å²) in [7, 11) is -4.30. The van der Waals surface area contributed by atoms with E-state index in [1.807, 2.05) is 128 Å². The Kier molecular flexibility index (Phi) is 7.23. The second kappa shape index (κ2) is 10.9. The molecule has 0 aliphatic heterocycles. The highest BCUT2D eigenvalue weighted by Gasteiger charge is 2.48. The third-order valence-corrected chi connectivity index (χ3v) is 7.42. The van der Waals surface area contributed by atoms with E-state index in [0.29, 0.717) is 11.5 Å². The lowest BCUT2D eigenvalue weighted by Gasteiger charge is -2.38. The van der Waals surface area contributed by atoms with Gasteiger partial charge in [0.1, 0.15) is 11.5 Å². The van der Waals surface area contributed by atoms with Crippen LogP contribution >= 0.6 is 7.82 Å². The number of hydrogen-bond donors (Lipinski definition) is 0. The molecule has 0 aromatic heterocycles. The van der Waals surface area contributed by atoms with Gasteiger partial charge < -0.3 is 9.05 Å². The second-order valence-corrected chi connectivity index (χ2v) is 10.0. The summed E-state index contributed by atoms with van der Waals surface area (Å²) in [6, 6.07) is 45.3. The van der Waals surface area contributed by atoms with Crippen molar-refractivity contribution >= 4 is 7.82 Å². The van der Waals surface area contributed by atoms with E-state index in [4.69, 9.17) is 13.6 Å². The van der Waals surface area contributed by atoms with Gasteiger partial charge in [-0.3, -0.25) is 0 Å². The van der Waals surface area contributed by atoms with Gasteiger partial charge in [-0.15, -0.1) is 0 Å². The summed E-state index contributed by atoms with van der Waals surface area (Å²) in [5.41, 5.74) is 2.10. The lowest BCUT2D eigenvalue weighted by Crippen LogP contribution is -2.34. The number of rotatable bonds is 9. The van der Waals surface area contributed by atoms with Crippen LogP contribution in [-0.4, -0.2) is 0 Å². The number of para-hydroxylation sites is 2. The summed E-state index contributed by atoms with van der Waals surface area (Å²) in [6.45, 7) is 2.01. The average molecular weight is 507 g/mol. The van der Waals surface area contributed by atoms with Gasteiger partial charge in [-0.2, -0.15) is 0 Å². The molecule has 0 heterocycles. The SMILES string of the molecule is Cc1ccccc1C(OP(=O)(Oc1ccccc1)Oc1ccccc1)(c1ccccc1)c1ccccc1. The van der Waals surface area contributed by atoms with Crippen LogP contribution in [0, 0.1) is 6.92 Å². The van der Waals surface area contributed by atoms with Gasteiger partial charge in [0.2, 0.25) is 0 Å². The Hall–Kier alpha value is -4.11. The van der Waals surface area contributed by atoms with Gasteiger partial charge in [0.15, 0.2) is 5.60 Å². The van der Waals surface area contributed by atoms with E-state index in [9.17, 15) is 4.57 Å². The lowest BCUT2D eigenvalue weighted by molar-refractivity contribution is 0.105. The van der Waals surface area contributed by atoms with E-state index in [-0.39, 0.29) is 0 Å². The Balaban J connectivity index is 1.75. The highest BCUT2D eigenvalue weighted by molar-refractivity contribution is 7.49. The molecule has 5 rings (SSSR count). The first-order valence-electron chi connectivity index (χ1n) is 12.1. The van der Waals surface area contributed by atoms with Gasteiger partial charge in [0.25, 0.3) is 0 Å². The van der Waals surface area contributed by atoms with Gasteiger partial charge >= 0.3 is 7.82 Å². The van der Waals surface area contributed by atoms with Crippen LogP contribution in [0.1, 0.15) is 22.3 Å². The quantitative estimate of drug-likeness (QED) is 0.148. The van der Waals surface area contributed by atoms with Crippen LogP contribution in [-0.2, 0) is 14.7 Å². The molecule has 184 valence electrons. The normalized spacial score (nSPS) is 11.6. The van der Waals surface area contributed by atoms with E-state index < -0.39 is 13.4 Å². The first kappa shape index (κ1) is 24.6. The third kappa shape index (κ3) is 5.36. The lowest BCUT2D eigenvalue weighted by atomic mass is 9.78. The fraction of sp³-hybridized carbons (Fsp3) is 0.0625. The van der Waals surface area contributed by atoms with Crippen LogP contribution in [0.15, 0.2) is 146 Å². The highest BCUT2D eigenvalue weighted by atomic mass is 31.2. The van der Waals surface area contributed by atoms with Crippen LogP contribution in [0.2, 0.25) is 0 Å². The van der Waals surface area contributed by atoms with Gasteiger partial charge in [0.05, 0.1) is 0 Å². The van der Waals surface area contributed by atoms with Crippen LogP contribution in [0.25, 0.3) is 0 Å². The molecule has 0 aliphatic carbocycles. The van der Waals surface area contributed by atoms with Crippen LogP contribution in [0.3, 0.4) is 0 Å². The van der Waals surface area contributed by atoms with Crippen LogP contribution in [0.5, 0.6) is 11.5 Å². The van der Waals surface area contributed by atoms with Crippen molar-refractivity contribution in [3.63, 3.8) is 0 Å². The minimum atomic E-state index is -4.30. The molecule has 0 amide bonds. The third-order valence-electron chi connectivity index (χ3n) is 6.05. The molecule has 0 saturated heterocycles. The summed E-state index contributed by atoms with van der Waals surface area (Å²) in [5.74, 6) is 0.753. The van der Waals surface area contributed by atoms with Crippen molar-refractivity contribution in [2.24, 2.45) is 0 Å². The first-order valence-corrected chi connectivity index (χ1v) is 13.5.